The summed E-state index contributed by atoms with van der Waals surface area (Å²) in [7, 11) is 1.97. The van der Waals surface area contributed by atoms with Gasteiger partial charge in [-0.1, -0.05) is 120 Å². The number of hydrogen-bond acceptors (Lipinski definition) is 4. The van der Waals surface area contributed by atoms with E-state index in [1.165, 1.54) is 11.1 Å². The van der Waals surface area contributed by atoms with E-state index in [0.717, 1.165) is 61.4 Å². The maximum atomic E-state index is 11.7. The van der Waals surface area contributed by atoms with Crippen LogP contribution in [-0.2, 0) is 17.9 Å². The number of aromatic nitrogens is 4. The van der Waals surface area contributed by atoms with Gasteiger partial charge in [0.15, 0.2) is 5.65 Å². The predicted molar refractivity (Wildman–Crippen MR) is 203 cm³/mol. The third-order valence-electron chi connectivity index (χ3n) is 9.34. The Bertz CT molecular complexity index is 2300. The zero-order chi connectivity index (χ0) is 34.5. The highest BCUT2D eigenvalue weighted by Crippen LogP contribution is 2.43. The molecule has 0 aliphatic rings. The van der Waals surface area contributed by atoms with Crippen molar-refractivity contribution in [3.05, 3.63) is 133 Å². The van der Waals surface area contributed by atoms with E-state index in [2.05, 4.69) is 139 Å². The Morgan fingerprint density at radius 1 is 0.551 bits per heavy atom. The third-order valence-corrected chi connectivity index (χ3v) is 9.34. The second-order valence-electron chi connectivity index (χ2n) is 14.9. The van der Waals surface area contributed by atoms with Crippen LogP contribution in [0.2, 0.25) is 0 Å². The number of fused-ring (bicyclic) bond motifs is 1. The zero-order valence-electron chi connectivity index (χ0n) is 29.3. The summed E-state index contributed by atoms with van der Waals surface area (Å²) in [6.07, 6.45) is 3.71. The number of phenolic OH excluding ortho intramolecular Hbond substituents is 1. The van der Waals surface area contributed by atoms with Crippen LogP contribution in [0.1, 0.15) is 52.7 Å². The molecule has 0 fully saturated rings. The molecule has 0 spiro atoms. The number of hydrogen-bond donors (Lipinski definition) is 1. The topological polar surface area (TPSA) is 63.8 Å². The Kier molecular flexibility index (Phi) is 7.95. The summed E-state index contributed by atoms with van der Waals surface area (Å²) in [5, 5.41) is 11.7. The van der Waals surface area contributed by atoms with Crippen LogP contribution in [0.5, 0.6) is 5.75 Å². The molecule has 0 unspecified atom stereocenters. The number of phenols is 1. The van der Waals surface area contributed by atoms with Crippen LogP contribution < -0.4 is 0 Å². The van der Waals surface area contributed by atoms with Gasteiger partial charge in [0, 0.05) is 36.1 Å². The van der Waals surface area contributed by atoms with Crippen LogP contribution in [0.15, 0.2) is 122 Å². The van der Waals surface area contributed by atoms with Crippen molar-refractivity contribution >= 4 is 11.2 Å². The zero-order valence-corrected chi connectivity index (χ0v) is 29.3. The number of rotatable bonds is 5. The fraction of sp³-hybridized carbons (Fsp3) is 0.205. The smallest absolute Gasteiger partial charge is 0.160 e. The van der Waals surface area contributed by atoms with Crippen molar-refractivity contribution < 1.29 is 5.11 Å². The van der Waals surface area contributed by atoms with Crippen LogP contribution in [0, 0.1) is 0 Å². The molecule has 3 aromatic heterocycles. The van der Waals surface area contributed by atoms with Crippen LogP contribution in [0.25, 0.3) is 67.2 Å². The molecule has 0 amide bonds. The molecule has 5 nitrogen and oxygen atoms in total. The summed E-state index contributed by atoms with van der Waals surface area (Å²) in [5.41, 5.74) is 12.6. The molecule has 0 saturated heterocycles. The van der Waals surface area contributed by atoms with Gasteiger partial charge < -0.3 is 9.67 Å². The van der Waals surface area contributed by atoms with E-state index in [1.807, 2.05) is 36.1 Å². The Balaban J connectivity index is 1.28. The van der Waals surface area contributed by atoms with E-state index in [0.29, 0.717) is 5.82 Å². The van der Waals surface area contributed by atoms with E-state index >= 15 is 0 Å². The molecular weight excluding hydrogens is 601 g/mol. The van der Waals surface area contributed by atoms with Gasteiger partial charge >= 0.3 is 0 Å². The van der Waals surface area contributed by atoms with Crippen molar-refractivity contribution in [3.8, 4) is 61.8 Å². The summed E-state index contributed by atoms with van der Waals surface area (Å²) < 4.78 is 1.99. The minimum atomic E-state index is -0.245. The second-order valence-corrected chi connectivity index (χ2v) is 14.9. The third kappa shape index (κ3) is 6.13. The van der Waals surface area contributed by atoms with Crippen LogP contribution >= 0.6 is 0 Å². The van der Waals surface area contributed by atoms with E-state index in [4.69, 9.17) is 15.0 Å². The summed E-state index contributed by atoms with van der Waals surface area (Å²) in [6.45, 7) is 13.0. The Hall–Kier alpha value is -5.55. The lowest BCUT2D eigenvalue weighted by Gasteiger charge is -2.27. The Morgan fingerprint density at radius 2 is 1.18 bits per heavy atom. The molecule has 7 aromatic rings. The molecule has 0 saturated carbocycles. The average molecular weight is 643 g/mol. The monoisotopic (exact) mass is 642 g/mol. The fourth-order valence-electron chi connectivity index (χ4n) is 6.46. The average Bonchev–Trinajstić information content (AvgIpc) is 3.44. The first-order valence-electron chi connectivity index (χ1n) is 16.8. The van der Waals surface area contributed by atoms with Gasteiger partial charge in [0.2, 0.25) is 0 Å². The standard InChI is InChI=1S/C44H42N4O/c1-43(2,3)34-26-36(40(49)37(27-34)44(4,5)6)41-47-39-35(21-23-46-42(39)48(41)7)32-14-11-15-33(24-32)38-25-31(20-22-45-38)30-18-16-29(17-19-30)28-12-9-8-10-13-28/h8-27,49H,1-7H3. The molecule has 1 N–H and O–H groups in total. The van der Waals surface area contributed by atoms with Gasteiger partial charge in [0.1, 0.15) is 17.1 Å². The number of nitrogens with zero attached hydrogens (tertiary/aromatic N) is 4. The minimum absolute atomic E-state index is 0.103. The molecule has 0 radical (unpaired) electrons. The quantitative estimate of drug-likeness (QED) is 0.203. The summed E-state index contributed by atoms with van der Waals surface area (Å²) in [4.78, 5) is 14.7. The van der Waals surface area contributed by atoms with Gasteiger partial charge in [-0.2, -0.15) is 0 Å². The minimum Gasteiger partial charge on any atom is -0.507 e. The molecule has 0 bridgehead atoms. The van der Waals surface area contributed by atoms with E-state index < -0.39 is 0 Å². The normalized spacial score (nSPS) is 12.1. The molecule has 3 heterocycles. The highest BCUT2D eigenvalue weighted by Gasteiger charge is 2.27. The first kappa shape index (κ1) is 32.0. The van der Waals surface area contributed by atoms with Crippen molar-refractivity contribution in [2.75, 3.05) is 0 Å². The van der Waals surface area contributed by atoms with E-state index in [-0.39, 0.29) is 16.6 Å². The van der Waals surface area contributed by atoms with Gasteiger partial charge in [-0.15, -0.1) is 0 Å². The van der Waals surface area contributed by atoms with Crippen LogP contribution in [0.3, 0.4) is 0 Å². The number of pyridine rings is 2. The van der Waals surface area contributed by atoms with Gasteiger partial charge in [-0.3, -0.25) is 4.98 Å². The molecule has 7 rings (SSSR count). The van der Waals surface area contributed by atoms with Crippen molar-refractivity contribution in [3.63, 3.8) is 0 Å². The van der Waals surface area contributed by atoms with E-state index in [9.17, 15) is 5.11 Å². The van der Waals surface area contributed by atoms with Crippen LogP contribution in [0.4, 0.5) is 0 Å². The molecular formula is C44H42N4O. The summed E-state index contributed by atoms with van der Waals surface area (Å²) >= 11 is 0. The van der Waals surface area contributed by atoms with Crippen molar-refractivity contribution in [2.24, 2.45) is 7.05 Å². The van der Waals surface area contributed by atoms with Crippen molar-refractivity contribution in [1.82, 2.24) is 19.5 Å². The van der Waals surface area contributed by atoms with Gasteiger partial charge in [0.05, 0.1) is 11.3 Å². The Labute approximate surface area is 289 Å². The summed E-state index contributed by atoms with van der Waals surface area (Å²) in [5.74, 6) is 0.955. The lowest BCUT2D eigenvalue weighted by molar-refractivity contribution is 0.446. The molecule has 0 aliphatic heterocycles. The van der Waals surface area contributed by atoms with Crippen LogP contribution in [-0.4, -0.2) is 24.6 Å². The first-order chi connectivity index (χ1) is 23.4. The molecule has 0 aliphatic carbocycles. The summed E-state index contributed by atoms with van der Waals surface area (Å²) in [6, 6.07) is 38.0. The molecule has 5 heteroatoms. The Morgan fingerprint density at radius 3 is 1.88 bits per heavy atom. The molecule has 4 aromatic carbocycles. The lowest BCUT2D eigenvalue weighted by Crippen LogP contribution is -2.17. The fourth-order valence-corrected chi connectivity index (χ4v) is 6.46. The SMILES string of the molecule is Cn1c(-c2cc(C(C)(C)C)cc(C(C)(C)C)c2O)nc2c(-c3cccc(-c4cc(-c5ccc(-c6ccccc6)cc5)ccn4)c3)ccnc21. The number of imidazole rings is 1. The van der Waals surface area contributed by atoms with Gasteiger partial charge in [0.25, 0.3) is 0 Å². The van der Waals surface area contributed by atoms with Gasteiger partial charge in [-0.25, -0.2) is 9.97 Å². The maximum absolute atomic E-state index is 11.7. The van der Waals surface area contributed by atoms with Gasteiger partial charge in [-0.05, 0) is 74.5 Å². The first-order valence-corrected chi connectivity index (χ1v) is 16.8. The number of aryl methyl sites for hydroxylation is 1. The highest BCUT2D eigenvalue weighted by atomic mass is 16.3. The molecule has 244 valence electrons. The largest absolute Gasteiger partial charge is 0.507 e. The van der Waals surface area contributed by atoms with Crippen molar-refractivity contribution in [2.45, 2.75) is 52.4 Å². The lowest BCUT2D eigenvalue weighted by atomic mass is 9.79. The predicted octanol–water partition coefficient (Wildman–Crippen LogP) is 11.0. The maximum Gasteiger partial charge on any atom is 0.160 e. The van der Waals surface area contributed by atoms with E-state index in [1.54, 1.807) is 0 Å². The molecule has 0 atom stereocenters. The highest BCUT2D eigenvalue weighted by molar-refractivity contribution is 5.93. The number of aromatic hydroxyl groups is 1. The number of benzene rings is 4. The second kappa shape index (κ2) is 12.2. The molecule has 49 heavy (non-hydrogen) atoms. The van der Waals surface area contributed by atoms with Crippen molar-refractivity contribution in [1.29, 1.82) is 0 Å².